The molecule has 0 amide bonds. The number of alkyl halides is 1. The third-order valence-electron chi connectivity index (χ3n) is 1.87. The lowest BCUT2D eigenvalue weighted by molar-refractivity contribution is 0.421. The van der Waals surface area contributed by atoms with E-state index in [0.717, 1.165) is 23.8 Å². The number of halogens is 1. The molecule has 0 aromatic rings. The zero-order valence-electron chi connectivity index (χ0n) is 7.47. The van der Waals surface area contributed by atoms with Gasteiger partial charge in [0, 0.05) is 23.5 Å². The molecule has 4 heteroatoms. The molecule has 0 N–H and O–H groups in total. The maximum atomic E-state index is 12.7. The monoisotopic (exact) mass is 207 g/mol. The normalized spacial score (nSPS) is 31.1. The van der Waals surface area contributed by atoms with Crippen LogP contribution in [-0.4, -0.2) is 35.0 Å². The van der Waals surface area contributed by atoms with Crippen LogP contribution in [0.2, 0.25) is 0 Å². The smallest absolute Gasteiger partial charge is 0.104 e. The van der Waals surface area contributed by atoms with Crippen LogP contribution in [0.15, 0.2) is 4.99 Å². The largest absolute Gasteiger partial charge is 0.282 e. The lowest BCUT2D eigenvalue weighted by Gasteiger charge is -2.23. The van der Waals surface area contributed by atoms with Crippen LogP contribution in [0.3, 0.4) is 0 Å². The van der Waals surface area contributed by atoms with Gasteiger partial charge in [0.2, 0.25) is 0 Å². The molecule has 12 heavy (non-hydrogen) atoms. The molecule has 1 heterocycles. The standard InChI is InChI=1S/C8H14FNS2/c1-8(6-9)5-7(11-2)10-3-4-12-8/h3-6H2,1-2H3. The van der Waals surface area contributed by atoms with Gasteiger partial charge in [-0.25, -0.2) is 4.39 Å². The van der Waals surface area contributed by atoms with E-state index in [0.29, 0.717) is 0 Å². The number of aliphatic imine (C=N–C) groups is 1. The number of rotatable bonds is 1. The Hall–Kier alpha value is 0.300. The summed E-state index contributed by atoms with van der Waals surface area (Å²) in [6, 6.07) is 0. The molecule has 1 atom stereocenters. The van der Waals surface area contributed by atoms with E-state index in [1.807, 2.05) is 13.2 Å². The lowest BCUT2D eigenvalue weighted by atomic mass is 10.1. The van der Waals surface area contributed by atoms with Crippen molar-refractivity contribution in [1.29, 1.82) is 0 Å². The first-order valence-electron chi connectivity index (χ1n) is 3.97. The highest BCUT2D eigenvalue weighted by Gasteiger charge is 2.28. The first-order valence-corrected chi connectivity index (χ1v) is 6.18. The highest BCUT2D eigenvalue weighted by Crippen LogP contribution is 2.33. The highest BCUT2D eigenvalue weighted by atomic mass is 32.2. The fourth-order valence-corrected chi connectivity index (χ4v) is 2.88. The van der Waals surface area contributed by atoms with Crippen molar-refractivity contribution in [2.75, 3.05) is 25.2 Å². The molecule has 1 rings (SSSR count). The SMILES string of the molecule is CSC1=NCCSC(C)(CF)C1. The van der Waals surface area contributed by atoms with Gasteiger partial charge in [-0.2, -0.15) is 11.8 Å². The number of hydrogen-bond acceptors (Lipinski definition) is 3. The summed E-state index contributed by atoms with van der Waals surface area (Å²) in [6.45, 7) is 2.57. The first kappa shape index (κ1) is 10.4. The molecule has 0 aromatic carbocycles. The molecule has 0 bridgehead atoms. The van der Waals surface area contributed by atoms with Crippen LogP contribution >= 0.6 is 23.5 Å². The van der Waals surface area contributed by atoms with Gasteiger partial charge in [0.15, 0.2) is 0 Å². The molecular formula is C8H14FNS2. The summed E-state index contributed by atoms with van der Waals surface area (Å²) < 4.78 is 12.4. The van der Waals surface area contributed by atoms with Gasteiger partial charge >= 0.3 is 0 Å². The van der Waals surface area contributed by atoms with Crippen LogP contribution in [0.1, 0.15) is 13.3 Å². The third kappa shape index (κ3) is 2.66. The van der Waals surface area contributed by atoms with Gasteiger partial charge in [0.25, 0.3) is 0 Å². The van der Waals surface area contributed by atoms with Crippen LogP contribution in [0.25, 0.3) is 0 Å². The maximum Gasteiger partial charge on any atom is 0.104 e. The fraction of sp³-hybridized carbons (Fsp3) is 0.875. The quantitative estimate of drug-likeness (QED) is 0.655. The first-order chi connectivity index (χ1) is 5.70. The second-order valence-electron chi connectivity index (χ2n) is 3.09. The summed E-state index contributed by atoms with van der Waals surface area (Å²) in [4.78, 5) is 4.38. The van der Waals surface area contributed by atoms with Crippen molar-refractivity contribution >= 4 is 28.6 Å². The van der Waals surface area contributed by atoms with E-state index in [1.54, 1.807) is 23.5 Å². The van der Waals surface area contributed by atoms with Crippen molar-refractivity contribution in [3.8, 4) is 0 Å². The van der Waals surface area contributed by atoms with Crippen molar-refractivity contribution < 1.29 is 4.39 Å². The Morgan fingerprint density at radius 2 is 2.50 bits per heavy atom. The third-order valence-corrected chi connectivity index (χ3v) is 3.96. The number of thioether (sulfide) groups is 2. The van der Waals surface area contributed by atoms with Gasteiger partial charge in [-0.05, 0) is 13.2 Å². The minimum atomic E-state index is -0.253. The summed E-state index contributed by atoms with van der Waals surface area (Å²) in [5, 5.41) is 1.10. The van der Waals surface area contributed by atoms with Gasteiger partial charge in [-0.1, -0.05) is 0 Å². The van der Waals surface area contributed by atoms with Crippen molar-refractivity contribution in [3.05, 3.63) is 0 Å². The summed E-state index contributed by atoms with van der Waals surface area (Å²) in [5.41, 5.74) is 0. The molecule has 70 valence electrons. The summed E-state index contributed by atoms with van der Waals surface area (Å²) in [5.74, 6) is 0.949. The molecule has 0 fully saturated rings. The predicted molar refractivity (Wildman–Crippen MR) is 57.3 cm³/mol. The van der Waals surface area contributed by atoms with Crippen molar-refractivity contribution in [2.24, 2.45) is 4.99 Å². The molecule has 0 saturated heterocycles. The summed E-state index contributed by atoms with van der Waals surface area (Å²) >= 11 is 3.35. The van der Waals surface area contributed by atoms with Gasteiger partial charge in [0.05, 0.1) is 5.04 Å². The molecule has 0 saturated carbocycles. The van der Waals surface area contributed by atoms with Crippen LogP contribution in [-0.2, 0) is 0 Å². The molecular weight excluding hydrogens is 193 g/mol. The van der Waals surface area contributed by atoms with E-state index in [1.165, 1.54) is 0 Å². The minimum absolute atomic E-state index is 0.224. The van der Waals surface area contributed by atoms with E-state index in [2.05, 4.69) is 4.99 Å². The fourth-order valence-electron chi connectivity index (χ4n) is 1.11. The van der Waals surface area contributed by atoms with E-state index in [-0.39, 0.29) is 11.4 Å². The van der Waals surface area contributed by atoms with Gasteiger partial charge < -0.3 is 0 Å². The Bertz CT molecular complexity index is 184. The van der Waals surface area contributed by atoms with Crippen molar-refractivity contribution in [1.82, 2.24) is 0 Å². The molecule has 0 aliphatic carbocycles. The summed E-state index contributed by atoms with van der Waals surface area (Å²) in [7, 11) is 0. The van der Waals surface area contributed by atoms with Gasteiger partial charge in [-0.3, -0.25) is 4.99 Å². The topological polar surface area (TPSA) is 12.4 Å². The van der Waals surface area contributed by atoms with E-state index in [4.69, 9.17) is 0 Å². The van der Waals surface area contributed by atoms with Crippen LogP contribution in [0.5, 0.6) is 0 Å². The van der Waals surface area contributed by atoms with Crippen LogP contribution < -0.4 is 0 Å². The summed E-state index contributed by atoms with van der Waals surface area (Å²) in [6.07, 6.45) is 2.79. The molecule has 0 aromatic heterocycles. The van der Waals surface area contributed by atoms with E-state index in [9.17, 15) is 4.39 Å². The zero-order chi connectivity index (χ0) is 9.03. The average Bonchev–Trinajstić information content (AvgIpc) is 2.28. The van der Waals surface area contributed by atoms with Crippen LogP contribution in [0.4, 0.5) is 4.39 Å². The number of hydrogen-bond donors (Lipinski definition) is 0. The molecule has 0 spiro atoms. The number of nitrogens with zero attached hydrogens (tertiary/aromatic N) is 1. The maximum absolute atomic E-state index is 12.7. The Morgan fingerprint density at radius 3 is 3.08 bits per heavy atom. The highest BCUT2D eigenvalue weighted by molar-refractivity contribution is 8.13. The average molecular weight is 207 g/mol. The molecule has 0 radical (unpaired) electrons. The Morgan fingerprint density at radius 1 is 1.75 bits per heavy atom. The minimum Gasteiger partial charge on any atom is -0.282 e. The molecule has 1 aliphatic rings. The zero-order valence-corrected chi connectivity index (χ0v) is 9.10. The van der Waals surface area contributed by atoms with Crippen molar-refractivity contribution in [3.63, 3.8) is 0 Å². The Labute approximate surface area is 81.6 Å². The Kier molecular flexibility index (Phi) is 3.90. The second-order valence-corrected chi connectivity index (χ2v) is 5.65. The van der Waals surface area contributed by atoms with Gasteiger partial charge in [0.1, 0.15) is 6.67 Å². The lowest BCUT2D eigenvalue weighted by Crippen LogP contribution is -2.25. The Balaban J connectivity index is 2.64. The second kappa shape index (κ2) is 4.51. The molecule has 1 unspecified atom stereocenters. The van der Waals surface area contributed by atoms with Crippen molar-refractivity contribution in [2.45, 2.75) is 18.1 Å². The molecule has 1 aliphatic heterocycles. The molecule has 1 nitrogen and oxygen atoms in total. The van der Waals surface area contributed by atoms with E-state index >= 15 is 0 Å². The van der Waals surface area contributed by atoms with Crippen LogP contribution in [0, 0.1) is 0 Å². The predicted octanol–water partition coefficient (Wildman–Crippen LogP) is 2.61. The van der Waals surface area contributed by atoms with Gasteiger partial charge in [-0.15, -0.1) is 11.8 Å². The van der Waals surface area contributed by atoms with E-state index < -0.39 is 0 Å².